The minimum absolute atomic E-state index is 0.00704. The molecule has 0 fully saturated rings. The second-order valence-corrected chi connectivity index (χ2v) is 6.77. The van der Waals surface area contributed by atoms with Gasteiger partial charge >= 0.3 is 0 Å². The summed E-state index contributed by atoms with van der Waals surface area (Å²) < 4.78 is 24.2. The molecule has 2 unspecified atom stereocenters. The molecule has 2 aromatic rings. The second kappa shape index (κ2) is 8.06. The molecule has 4 nitrogen and oxygen atoms in total. The molecule has 3 rings (SSSR count). The van der Waals surface area contributed by atoms with E-state index in [-0.39, 0.29) is 17.9 Å². The van der Waals surface area contributed by atoms with Crippen LogP contribution >= 0.6 is 0 Å². The summed E-state index contributed by atoms with van der Waals surface area (Å²) in [5, 5.41) is 0. The summed E-state index contributed by atoms with van der Waals surface area (Å²) in [7, 11) is 3.31. The van der Waals surface area contributed by atoms with E-state index in [0.29, 0.717) is 0 Å². The molecule has 1 aliphatic rings. The number of hydrogen-bond acceptors (Lipinski definition) is 4. The minimum atomic E-state index is -0.212. The van der Waals surface area contributed by atoms with Gasteiger partial charge in [0.15, 0.2) is 11.5 Å². The van der Waals surface area contributed by atoms with Gasteiger partial charge in [0.2, 0.25) is 0 Å². The third kappa shape index (κ3) is 3.69. The maximum Gasteiger partial charge on any atom is 0.161 e. The van der Waals surface area contributed by atoms with E-state index in [1.54, 1.807) is 14.2 Å². The SMILES string of the molecule is CCC(N)C1c2cc(OC)c(OC)cc2CCN1Cc1ccc(F)cc1. The Hall–Kier alpha value is -2.11. The van der Waals surface area contributed by atoms with Crippen LogP contribution in [0.1, 0.15) is 36.1 Å². The third-order valence-electron chi connectivity index (χ3n) is 5.20. The van der Waals surface area contributed by atoms with Crippen LogP contribution in [0.2, 0.25) is 0 Å². The van der Waals surface area contributed by atoms with Crippen molar-refractivity contribution in [2.45, 2.75) is 38.4 Å². The fraction of sp³-hybridized carbons (Fsp3) is 0.429. The molecule has 2 aromatic carbocycles. The average molecular weight is 358 g/mol. The summed E-state index contributed by atoms with van der Waals surface area (Å²) >= 11 is 0. The Labute approximate surface area is 154 Å². The van der Waals surface area contributed by atoms with Crippen LogP contribution in [-0.2, 0) is 13.0 Å². The van der Waals surface area contributed by atoms with Crippen LogP contribution in [0.15, 0.2) is 36.4 Å². The fourth-order valence-electron chi connectivity index (χ4n) is 3.75. The highest BCUT2D eigenvalue weighted by Gasteiger charge is 2.32. The number of rotatable bonds is 6. The molecule has 0 spiro atoms. The summed E-state index contributed by atoms with van der Waals surface area (Å²) in [6, 6.07) is 10.9. The molecule has 0 aliphatic carbocycles. The molecule has 0 saturated heterocycles. The third-order valence-corrected chi connectivity index (χ3v) is 5.20. The first-order chi connectivity index (χ1) is 12.6. The number of halogens is 1. The van der Waals surface area contributed by atoms with Crippen molar-refractivity contribution in [1.29, 1.82) is 0 Å². The predicted octanol–water partition coefficient (Wildman–Crippen LogP) is 3.68. The van der Waals surface area contributed by atoms with Gasteiger partial charge < -0.3 is 15.2 Å². The van der Waals surface area contributed by atoms with Crippen molar-refractivity contribution < 1.29 is 13.9 Å². The molecule has 5 heteroatoms. The van der Waals surface area contributed by atoms with E-state index in [1.807, 2.05) is 12.1 Å². The molecule has 0 radical (unpaired) electrons. The lowest BCUT2D eigenvalue weighted by Gasteiger charge is -2.40. The number of hydrogen-bond donors (Lipinski definition) is 1. The molecule has 26 heavy (non-hydrogen) atoms. The van der Waals surface area contributed by atoms with E-state index in [4.69, 9.17) is 15.2 Å². The zero-order valence-electron chi connectivity index (χ0n) is 15.7. The van der Waals surface area contributed by atoms with Gasteiger partial charge in [0.05, 0.1) is 20.3 Å². The molecule has 2 atom stereocenters. The Morgan fingerprint density at radius 2 is 1.81 bits per heavy atom. The molecule has 0 amide bonds. The fourth-order valence-corrected chi connectivity index (χ4v) is 3.75. The number of nitrogens with zero attached hydrogens (tertiary/aromatic N) is 1. The number of ether oxygens (including phenoxy) is 2. The quantitative estimate of drug-likeness (QED) is 0.856. The van der Waals surface area contributed by atoms with Crippen molar-refractivity contribution in [2.75, 3.05) is 20.8 Å². The number of fused-ring (bicyclic) bond motifs is 1. The summed E-state index contributed by atoms with van der Waals surface area (Å²) in [6.45, 7) is 3.75. The average Bonchev–Trinajstić information content (AvgIpc) is 2.67. The molecular weight excluding hydrogens is 331 g/mol. The Morgan fingerprint density at radius 1 is 1.15 bits per heavy atom. The Balaban J connectivity index is 1.96. The normalized spacial score (nSPS) is 18.3. The lowest BCUT2D eigenvalue weighted by molar-refractivity contribution is 0.148. The van der Waals surface area contributed by atoms with Gasteiger partial charge in [-0.2, -0.15) is 0 Å². The smallest absolute Gasteiger partial charge is 0.161 e. The van der Waals surface area contributed by atoms with Gasteiger partial charge in [-0.15, -0.1) is 0 Å². The van der Waals surface area contributed by atoms with Crippen molar-refractivity contribution >= 4 is 0 Å². The number of nitrogens with two attached hydrogens (primary N) is 1. The molecular formula is C21H27FN2O2. The van der Waals surface area contributed by atoms with Crippen LogP contribution in [0.5, 0.6) is 11.5 Å². The topological polar surface area (TPSA) is 47.7 Å². The number of benzene rings is 2. The van der Waals surface area contributed by atoms with Gasteiger partial charge in [-0.3, -0.25) is 4.90 Å². The van der Waals surface area contributed by atoms with E-state index >= 15 is 0 Å². The van der Waals surface area contributed by atoms with E-state index in [2.05, 4.69) is 24.0 Å². The Kier molecular flexibility index (Phi) is 5.79. The summed E-state index contributed by atoms with van der Waals surface area (Å²) in [5.74, 6) is 1.27. The highest BCUT2D eigenvalue weighted by atomic mass is 19.1. The molecule has 0 bridgehead atoms. The van der Waals surface area contributed by atoms with Crippen LogP contribution in [-0.4, -0.2) is 31.7 Å². The van der Waals surface area contributed by atoms with Crippen LogP contribution in [0.3, 0.4) is 0 Å². The zero-order chi connectivity index (χ0) is 18.7. The minimum Gasteiger partial charge on any atom is -0.493 e. The van der Waals surface area contributed by atoms with Gasteiger partial charge in [-0.25, -0.2) is 4.39 Å². The van der Waals surface area contributed by atoms with Crippen LogP contribution in [0.4, 0.5) is 4.39 Å². The van der Waals surface area contributed by atoms with Crippen molar-refractivity contribution in [3.63, 3.8) is 0 Å². The molecule has 1 heterocycles. The van der Waals surface area contributed by atoms with Gasteiger partial charge in [-0.05, 0) is 53.8 Å². The van der Waals surface area contributed by atoms with Gasteiger partial charge in [0.25, 0.3) is 0 Å². The van der Waals surface area contributed by atoms with Crippen LogP contribution < -0.4 is 15.2 Å². The van der Waals surface area contributed by atoms with Crippen molar-refractivity contribution in [1.82, 2.24) is 4.90 Å². The first-order valence-electron chi connectivity index (χ1n) is 9.06. The first kappa shape index (κ1) is 18.7. The van der Waals surface area contributed by atoms with Crippen LogP contribution in [0.25, 0.3) is 0 Å². The van der Waals surface area contributed by atoms with Gasteiger partial charge in [0, 0.05) is 19.1 Å². The predicted molar refractivity (Wildman–Crippen MR) is 101 cm³/mol. The van der Waals surface area contributed by atoms with Crippen LogP contribution in [0, 0.1) is 5.82 Å². The zero-order valence-corrected chi connectivity index (χ0v) is 15.7. The lowest BCUT2D eigenvalue weighted by atomic mass is 9.86. The van der Waals surface area contributed by atoms with E-state index < -0.39 is 0 Å². The van der Waals surface area contributed by atoms with E-state index in [0.717, 1.165) is 43.0 Å². The molecule has 0 saturated carbocycles. The maximum atomic E-state index is 13.2. The second-order valence-electron chi connectivity index (χ2n) is 6.77. The van der Waals surface area contributed by atoms with Gasteiger partial charge in [-0.1, -0.05) is 19.1 Å². The lowest BCUT2D eigenvalue weighted by Crippen LogP contribution is -2.44. The summed E-state index contributed by atoms with van der Waals surface area (Å²) in [5.41, 5.74) is 10.1. The van der Waals surface area contributed by atoms with Crippen molar-refractivity contribution in [3.05, 3.63) is 58.9 Å². The first-order valence-corrected chi connectivity index (χ1v) is 9.06. The monoisotopic (exact) mass is 358 g/mol. The highest BCUT2D eigenvalue weighted by molar-refractivity contribution is 5.50. The molecule has 140 valence electrons. The summed E-state index contributed by atoms with van der Waals surface area (Å²) in [6.07, 6.45) is 1.79. The highest BCUT2D eigenvalue weighted by Crippen LogP contribution is 2.40. The summed E-state index contributed by atoms with van der Waals surface area (Å²) in [4.78, 5) is 2.38. The Bertz CT molecular complexity index is 748. The maximum absolute atomic E-state index is 13.2. The number of methoxy groups -OCH3 is 2. The van der Waals surface area contributed by atoms with E-state index in [1.165, 1.54) is 23.3 Å². The largest absolute Gasteiger partial charge is 0.493 e. The molecule has 2 N–H and O–H groups in total. The van der Waals surface area contributed by atoms with E-state index in [9.17, 15) is 4.39 Å². The molecule has 0 aromatic heterocycles. The standard InChI is InChI=1S/C21H27FN2O2/c1-4-18(23)21-17-12-20(26-3)19(25-2)11-15(17)9-10-24(21)13-14-5-7-16(22)8-6-14/h5-8,11-12,18,21H,4,9-10,13,23H2,1-3H3. The molecule has 1 aliphatic heterocycles. The Morgan fingerprint density at radius 3 is 2.42 bits per heavy atom. The van der Waals surface area contributed by atoms with Crippen molar-refractivity contribution in [2.24, 2.45) is 5.73 Å². The van der Waals surface area contributed by atoms with Gasteiger partial charge in [0.1, 0.15) is 5.82 Å². The van der Waals surface area contributed by atoms with Crippen molar-refractivity contribution in [3.8, 4) is 11.5 Å².